The lowest BCUT2D eigenvalue weighted by Crippen LogP contribution is -2.51. The van der Waals surface area contributed by atoms with Gasteiger partial charge in [-0.1, -0.05) is 31.9 Å². The van der Waals surface area contributed by atoms with Gasteiger partial charge in [-0.2, -0.15) is 0 Å². The highest BCUT2D eigenvalue weighted by molar-refractivity contribution is 5.80. The topological polar surface area (TPSA) is 78.0 Å². The van der Waals surface area contributed by atoms with Crippen LogP contribution in [0, 0.1) is 0 Å². The summed E-state index contributed by atoms with van der Waals surface area (Å²) in [5, 5.41) is 10.2. The summed E-state index contributed by atoms with van der Waals surface area (Å²) >= 11 is 0. The molecule has 0 bridgehead atoms. The van der Waals surface area contributed by atoms with E-state index in [2.05, 4.69) is 51.0 Å². The third kappa shape index (κ3) is 6.61. The van der Waals surface area contributed by atoms with Gasteiger partial charge in [-0.15, -0.1) is 0 Å². The van der Waals surface area contributed by atoms with Crippen molar-refractivity contribution in [2.75, 3.05) is 46.9 Å². The Balaban J connectivity index is 1.50. The first-order valence-electron chi connectivity index (χ1n) is 12.2. The molecule has 0 unspecified atom stereocenters. The molecule has 1 amide bonds. The van der Waals surface area contributed by atoms with Crippen LogP contribution in [-0.4, -0.2) is 69.7 Å². The van der Waals surface area contributed by atoms with Crippen LogP contribution in [0.1, 0.15) is 57.4 Å². The molecule has 1 saturated heterocycles. The van der Waals surface area contributed by atoms with Gasteiger partial charge in [-0.05, 0) is 49.8 Å². The van der Waals surface area contributed by atoms with Crippen molar-refractivity contribution in [3.05, 3.63) is 29.8 Å². The molecule has 32 heavy (non-hydrogen) atoms. The molecule has 0 spiro atoms. The zero-order chi connectivity index (χ0) is 22.8. The van der Waals surface area contributed by atoms with Gasteiger partial charge in [0.25, 0.3) is 0 Å². The smallest absolute Gasteiger partial charge is 0.234 e. The molecule has 7 heteroatoms. The standard InChI is InChI=1S/C25H41N5O2/c1-4-14-27-23(31)18-30-15-10-21(11-16-30)29-24(26-2)28-19-25(12-5-6-13-25)20-8-7-9-22(17-20)32-3/h7-9,17,21H,4-6,10-16,18-19H2,1-3H3,(H,27,31)(H2,26,28,29). The fourth-order valence-electron chi connectivity index (χ4n) is 4.97. The first-order valence-corrected chi connectivity index (χ1v) is 12.2. The van der Waals surface area contributed by atoms with Crippen molar-refractivity contribution in [2.24, 2.45) is 4.99 Å². The van der Waals surface area contributed by atoms with Gasteiger partial charge >= 0.3 is 0 Å². The van der Waals surface area contributed by atoms with E-state index >= 15 is 0 Å². The number of methoxy groups -OCH3 is 1. The largest absolute Gasteiger partial charge is 0.497 e. The average Bonchev–Trinajstić information content (AvgIpc) is 3.32. The molecule has 3 N–H and O–H groups in total. The fraction of sp³-hybridized carbons (Fsp3) is 0.680. The summed E-state index contributed by atoms with van der Waals surface area (Å²) < 4.78 is 5.47. The molecule has 1 aliphatic heterocycles. The van der Waals surface area contributed by atoms with E-state index in [0.29, 0.717) is 12.6 Å². The Labute approximate surface area is 193 Å². The van der Waals surface area contributed by atoms with Crippen molar-refractivity contribution in [2.45, 2.75) is 63.3 Å². The quantitative estimate of drug-likeness (QED) is 0.404. The van der Waals surface area contributed by atoms with Crippen LogP contribution in [0.15, 0.2) is 29.3 Å². The third-order valence-corrected chi connectivity index (χ3v) is 6.93. The van der Waals surface area contributed by atoms with Crippen LogP contribution < -0.4 is 20.7 Å². The number of carbonyl (C=O) groups is 1. The van der Waals surface area contributed by atoms with Gasteiger partial charge < -0.3 is 20.7 Å². The number of carbonyl (C=O) groups excluding carboxylic acids is 1. The van der Waals surface area contributed by atoms with Gasteiger partial charge in [-0.25, -0.2) is 0 Å². The van der Waals surface area contributed by atoms with Crippen LogP contribution in [0.2, 0.25) is 0 Å². The van der Waals surface area contributed by atoms with Crippen molar-refractivity contribution in [3.63, 3.8) is 0 Å². The number of piperidine rings is 1. The Hall–Kier alpha value is -2.28. The monoisotopic (exact) mass is 443 g/mol. The maximum atomic E-state index is 12.0. The van der Waals surface area contributed by atoms with E-state index in [9.17, 15) is 4.79 Å². The maximum absolute atomic E-state index is 12.0. The SMILES string of the molecule is CCCNC(=O)CN1CCC(NC(=NC)NCC2(c3cccc(OC)c3)CCCC2)CC1. The lowest BCUT2D eigenvalue weighted by molar-refractivity contribution is -0.122. The normalized spacial score (nSPS) is 19.5. The molecule has 1 aromatic carbocycles. The summed E-state index contributed by atoms with van der Waals surface area (Å²) in [5.41, 5.74) is 1.48. The van der Waals surface area contributed by atoms with Gasteiger partial charge in [0, 0.05) is 44.7 Å². The van der Waals surface area contributed by atoms with Gasteiger partial charge in [-0.3, -0.25) is 14.7 Å². The van der Waals surface area contributed by atoms with E-state index < -0.39 is 0 Å². The predicted molar refractivity (Wildman–Crippen MR) is 130 cm³/mol. The number of guanidine groups is 1. The first kappa shape index (κ1) is 24.4. The van der Waals surface area contributed by atoms with Crippen LogP contribution in [0.3, 0.4) is 0 Å². The van der Waals surface area contributed by atoms with Crippen LogP contribution in [-0.2, 0) is 10.2 Å². The molecule has 178 valence electrons. The lowest BCUT2D eigenvalue weighted by atomic mass is 9.78. The lowest BCUT2D eigenvalue weighted by Gasteiger charge is -2.34. The number of nitrogens with one attached hydrogen (secondary N) is 3. The zero-order valence-corrected chi connectivity index (χ0v) is 20.1. The predicted octanol–water partition coefficient (Wildman–Crippen LogP) is 2.66. The van der Waals surface area contributed by atoms with Gasteiger partial charge in [0.15, 0.2) is 5.96 Å². The molecule has 0 aromatic heterocycles. The fourth-order valence-corrected chi connectivity index (χ4v) is 4.97. The molecule has 2 fully saturated rings. The summed E-state index contributed by atoms with van der Waals surface area (Å²) in [6.07, 6.45) is 7.89. The van der Waals surface area contributed by atoms with E-state index in [1.54, 1.807) is 7.11 Å². The molecule has 7 nitrogen and oxygen atoms in total. The molecule has 1 aromatic rings. The summed E-state index contributed by atoms with van der Waals surface area (Å²) in [7, 11) is 3.57. The molecule has 0 radical (unpaired) electrons. The molecule has 3 rings (SSSR count). The van der Waals surface area contributed by atoms with Gasteiger partial charge in [0.2, 0.25) is 5.91 Å². The Morgan fingerprint density at radius 1 is 1.22 bits per heavy atom. The minimum atomic E-state index is 0.126. The summed E-state index contributed by atoms with van der Waals surface area (Å²) in [5.74, 6) is 1.93. The maximum Gasteiger partial charge on any atom is 0.234 e. The first-order chi connectivity index (χ1) is 15.6. The van der Waals surface area contributed by atoms with Crippen LogP contribution in [0.4, 0.5) is 0 Å². The number of nitrogens with zero attached hydrogens (tertiary/aromatic N) is 2. The second-order valence-electron chi connectivity index (χ2n) is 9.19. The van der Waals surface area contributed by atoms with Crippen molar-refractivity contribution in [1.29, 1.82) is 0 Å². The zero-order valence-electron chi connectivity index (χ0n) is 20.1. The average molecular weight is 444 g/mol. The van der Waals surface area contributed by atoms with Gasteiger partial charge in [0.1, 0.15) is 5.75 Å². The molecular formula is C25H41N5O2. The Bertz CT molecular complexity index is 752. The van der Waals surface area contributed by atoms with Crippen LogP contribution in [0.5, 0.6) is 5.75 Å². The number of ether oxygens (including phenoxy) is 1. The number of hydrogen-bond donors (Lipinski definition) is 3. The molecule has 0 atom stereocenters. The molecular weight excluding hydrogens is 402 g/mol. The van der Waals surface area contributed by atoms with Crippen LogP contribution in [0.25, 0.3) is 0 Å². The Kier molecular flexibility index (Phi) is 9.21. The molecule has 1 aliphatic carbocycles. The number of benzene rings is 1. The van der Waals surface area contributed by atoms with Crippen molar-refractivity contribution in [3.8, 4) is 5.75 Å². The minimum Gasteiger partial charge on any atom is -0.497 e. The highest BCUT2D eigenvalue weighted by Gasteiger charge is 2.36. The summed E-state index contributed by atoms with van der Waals surface area (Å²) in [6.45, 7) is 6.07. The van der Waals surface area contributed by atoms with E-state index in [-0.39, 0.29) is 11.3 Å². The van der Waals surface area contributed by atoms with E-state index in [1.807, 2.05) is 13.1 Å². The number of aliphatic imine (C=N–C) groups is 1. The molecule has 2 aliphatic rings. The minimum absolute atomic E-state index is 0.126. The number of likely N-dealkylation sites (tertiary alicyclic amines) is 1. The van der Waals surface area contributed by atoms with E-state index in [4.69, 9.17) is 4.74 Å². The molecule has 1 heterocycles. The third-order valence-electron chi connectivity index (χ3n) is 6.93. The summed E-state index contributed by atoms with van der Waals surface area (Å²) in [4.78, 5) is 18.7. The van der Waals surface area contributed by atoms with Gasteiger partial charge in [0.05, 0.1) is 13.7 Å². The van der Waals surface area contributed by atoms with E-state index in [0.717, 1.165) is 57.2 Å². The van der Waals surface area contributed by atoms with Crippen molar-refractivity contribution < 1.29 is 9.53 Å². The highest BCUT2D eigenvalue weighted by Crippen LogP contribution is 2.41. The highest BCUT2D eigenvalue weighted by atomic mass is 16.5. The van der Waals surface area contributed by atoms with Crippen molar-refractivity contribution in [1.82, 2.24) is 20.9 Å². The second kappa shape index (κ2) is 12.1. The number of hydrogen-bond acceptors (Lipinski definition) is 4. The number of rotatable bonds is 9. The second-order valence-corrected chi connectivity index (χ2v) is 9.19. The van der Waals surface area contributed by atoms with Crippen molar-refractivity contribution >= 4 is 11.9 Å². The molecule has 1 saturated carbocycles. The van der Waals surface area contributed by atoms with Crippen LogP contribution >= 0.6 is 0 Å². The number of amides is 1. The Morgan fingerprint density at radius 3 is 2.62 bits per heavy atom. The Morgan fingerprint density at radius 2 is 1.97 bits per heavy atom. The summed E-state index contributed by atoms with van der Waals surface area (Å²) in [6, 6.07) is 8.91. The van der Waals surface area contributed by atoms with E-state index in [1.165, 1.54) is 31.2 Å².